The zero-order chi connectivity index (χ0) is 20.0. The third-order valence-corrected chi connectivity index (χ3v) is 3.62. The average Bonchev–Trinajstić information content (AvgIpc) is 2.63. The van der Waals surface area contributed by atoms with Gasteiger partial charge in [-0.05, 0) is 43.2 Å². The van der Waals surface area contributed by atoms with Gasteiger partial charge in [-0.1, -0.05) is 12.1 Å². The monoisotopic (exact) mass is 373 g/mol. The van der Waals surface area contributed by atoms with Gasteiger partial charge in [-0.3, -0.25) is 14.9 Å². The summed E-state index contributed by atoms with van der Waals surface area (Å²) in [5.74, 6) is -0.588. The highest BCUT2D eigenvalue weighted by molar-refractivity contribution is 5.89. The van der Waals surface area contributed by atoms with Gasteiger partial charge in [0.05, 0.1) is 23.8 Å². The highest BCUT2D eigenvalue weighted by Gasteiger charge is 2.23. The molecule has 0 aliphatic carbocycles. The van der Waals surface area contributed by atoms with Crippen molar-refractivity contribution in [1.82, 2.24) is 5.43 Å². The Bertz CT molecular complexity index is 895. The van der Waals surface area contributed by atoms with E-state index in [0.717, 1.165) is 17.3 Å². The van der Waals surface area contributed by atoms with E-state index in [1.165, 1.54) is 19.2 Å². The van der Waals surface area contributed by atoms with Crippen LogP contribution in [0, 0.1) is 24.0 Å². The van der Waals surface area contributed by atoms with Crippen molar-refractivity contribution in [1.29, 1.82) is 0 Å². The number of amides is 1. The first-order valence-corrected chi connectivity index (χ1v) is 7.89. The highest BCUT2D eigenvalue weighted by Crippen LogP contribution is 2.37. The second-order valence-electron chi connectivity index (χ2n) is 5.66. The van der Waals surface area contributed by atoms with E-state index >= 15 is 0 Å². The highest BCUT2D eigenvalue weighted by atomic mass is 16.6. The van der Waals surface area contributed by atoms with E-state index < -0.39 is 16.5 Å². The van der Waals surface area contributed by atoms with Gasteiger partial charge < -0.3 is 14.6 Å². The van der Waals surface area contributed by atoms with Crippen molar-refractivity contribution in [2.45, 2.75) is 13.8 Å². The molecular weight excluding hydrogens is 354 g/mol. The molecule has 1 amide bonds. The first-order chi connectivity index (χ1) is 12.8. The lowest BCUT2D eigenvalue weighted by molar-refractivity contribution is -0.386. The van der Waals surface area contributed by atoms with Gasteiger partial charge in [-0.2, -0.15) is 5.10 Å². The Labute approximate surface area is 155 Å². The largest absolute Gasteiger partial charge is 0.504 e. The number of methoxy groups -OCH3 is 1. The zero-order valence-corrected chi connectivity index (χ0v) is 15.1. The van der Waals surface area contributed by atoms with Crippen LogP contribution in [0.15, 0.2) is 35.4 Å². The van der Waals surface area contributed by atoms with Gasteiger partial charge in [-0.15, -0.1) is 0 Å². The number of ether oxygens (including phenoxy) is 2. The van der Waals surface area contributed by atoms with E-state index in [1.54, 1.807) is 0 Å². The molecule has 2 rings (SSSR count). The number of phenols is 1. The van der Waals surface area contributed by atoms with Crippen LogP contribution in [0.3, 0.4) is 0 Å². The number of benzene rings is 2. The molecule has 0 radical (unpaired) electrons. The van der Waals surface area contributed by atoms with Gasteiger partial charge in [0.15, 0.2) is 12.4 Å². The number of carbonyl (C=O) groups is 1. The summed E-state index contributed by atoms with van der Waals surface area (Å²) in [5.41, 5.74) is 3.73. The van der Waals surface area contributed by atoms with E-state index in [4.69, 9.17) is 9.47 Å². The predicted octanol–water partition coefficient (Wildman–Crippen LogP) is 2.45. The molecule has 0 bridgehead atoms. The van der Waals surface area contributed by atoms with Crippen LogP contribution in [0.1, 0.15) is 16.7 Å². The second-order valence-corrected chi connectivity index (χ2v) is 5.66. The number of nitro benzene ring substituents is 1. The minimum absolute atomic E-state index is 0.0606. The Morgan fingerprint density at radius 3 is 2.74 bits per heavy atom. The minimum Gasteiger partial charge on any atom is -0.504 e. The van der Waals surface area contributed by atoms with Crippen LogP contribution >= 0.6 is 0 Å². The number of hydrazone groups is 1. The molecule has 0 fully saturated rings. The first-order valence-electron chi connectivity index (χ1n) is 7.89. The van der Waals surface area contributed by atoms with Crippen LogP contribution in [0.2, 0.25) is 0 Å². The number of nitrogens with one attached hydrogen (secondary N) is 1. The van der Waals surface area contributed by atoms with Crippen molar-refractivity contribution in [3.05, 3.63) is 57.1 Å². The fourth-order valence-electron chi connectivity index (χ4n) is 2.28. The van der Waals surface area contributed by atoms with Crippen molar-refractivity contribution in [3.8, 4) is 17.2 Å². The van der Waals surface area contributed by atoms with Crippen LogP contribution in [-0.2, 0) is 4.79 Å². The van der Waals surface area contributed by atoms with Crippen molar-refractivity contribution in [2.75, 3.05) is 13.7 Å². The molecule has 0 unspecified atom stereocenters. The Morgan fingerprint density at radius 2 is 2.07 bits per heavy atom. The maximum atomic E-state index is 11.9. The number of aromatic hydroxyl groups is 1. The number of rotatable bonds is 7. The number of hydrogen-bond donors (Lipinski definition) is 2. The van der Waals surface area contributed by atoms with Gasteiger partial charge in [0.1, 0.15) is 5.75 Å². The number of nitrogens with zero attached hydrogens (tertiary/aromatic N) is 2. The fourth-order valence-corrected chi connectivity index (χ4v) is 2.28. The van der Waals surface area contributed by atoms with Gasteiger partial charge in [0.25, 0.3) is 5.91 Å². The molecule has 142 valence electrons. The third kappa shape index (κ3) is 4.94. The summed E-state index contributed by atoms with van der Waals surface area (Å²) in [5, 5.41) is 24.5. The molecule has 0 atom stereocenters. The molecule has 2 aromatic carbocycles. The van der Waals surface area contributed by atoms with Gasteiger partial charge in [-0.25, -0.2) is 5.43 Å². The molecule has 2 N–H and O–H groups in total. The fraction of sp³-hybridized carbons (Fsp3) is 0.222. The Hall–Kier alpha value is -3.62. The molecule has 0 saturated heterocycles. The molecule has 0 spiro atoms. The number of phenolic OH excluding ortho intramolecular Hbond substituents is 1. The Morgan fingerprint density at radius 1 is 1.33 bits per heavy atom. The van der Waals surface area contributed by atoms with E-state index in [1.807, 2.05) is 32.0 Å². The Kier molecular flexibility index (Phi) is 6.32. The van der Waals surface area contributed by atoms with Gasteiger partial charge >= 0.3 is 5.69 Å². The summed E-state index contributed by atoms with van der Waals surface area (Å²) in [6, 6.07) is 8.16. The molecule has 0 heterocycles. The van der Waals surface area contributed by atoms with Crippen molar-refractivity contribution < 1.29 is 24.3 Å². The van der Waals surface area contributed by atoms with Crippen LogP contribution in [-0.4, -0.2) is 35.9 Å². The normalized spacial score (nSPS) is 10.6. The number of aryl methyl sites for hydroxylation is 2. The van der Waals surface area contributed by atoms with Crippen LogP contribution in [0.5, 0.6) is 17.2 Å². The number of nitro groups is 1. The molecule has 27 heavy (non-hydrogen) atoms. The topological polar surface area (TPSA) is 123 Å². The number of carbonyl (C=O) groups excluding carboxylic acids is 1. The summed E-state index contributed by atoms with van der Waals surface area (Å²) in [7, 11) is 1.20. The Balaban J connectivity index is 2.04. The van der Waals surface area contributed by atoms with Crippen molar-refractivity contribution in [3.63, 3.8) is 0 Å². The summed E-state index contributed by atoms with van der Waals surface area (Å²) in [6.07, 6.45) is 1.09. The molecule has 9 heteroatoms. The smallest absolute Gasteiger partial charge is 0.323 e. The van der Waals surface area contributed by atoms with Gasteiger partial charge in [0.2, 0.25) is 5.75 Å². The van der Waals surface area contributed by atoms with Crippen molar-refractivity contribution >= 4 is 17.8 Å². The minimum atomic E-state index is -0.703. The van der Waals surface area contributed by atoms with E-state index in [-0.39, 0.29) is 23.7 Å². The summed E-state index contributed by atoms with van der Waals surface area (Å²) < 4.78 is 10.3. The first kappa shape index (κ1) is 19.7. The maximum Gasteiger partial charge on any atom is 0.323 e. The zero-order valence-electron chi connectivity index (χ0n) is 15.1. The lowest BCUT2D eigenvalue weighted by Crippen LogP contribution is -2.24. The van der Waals surface area contributed by atoms with Crippen LogP contribution < -0.4 is 14.9 Å². The molecule has 9 nitrogen and oxygen atoms in total. The molecule has 0 aliphatic rings. The summed E-state index contributed by atoms with van der Waals surface area (Å²) >= 11 is 0. The third-order valence-electron chi connectivity index (χ3n) is 3.62. The molecule has 0 aromatic heterocycles. The summed E-state index contributed by atoms with van der Waals surface area (Å²) in [4.78, 5) is 22.4. The summed E-state index contributed by atoms with van der Waals surface area (Å²) in [6.45, 7) is 3.51. The van der Waals surface area contributed by atoms with Crippen LogP contribution in [0.25, 0.3) is 0 Å². The lowest BCUT2D eigenvalue weighted by atomic mass is 10.1. The van der Waals surface area contributed by atoms with E-state index in [2.05, 4.69) is 10.5 Å². The van der Waals surface area contributed by atoms with E-state index in [0.29, 0.717) is 5.75 Å². The van der Waals surface area contributed by atoms with E-state index in [9.17, 15) is 20.0 Å². The number of hydrogen-bond acceptors (Lipinski definition) is 7. The second kappa shape index (κ2) is 8.65. The maximum absolute atomic E-state index is 11.9. The quantitative estimate of drug-likeness (QED) is 0.436. The van der Waals surface area contributed by atoms with Crippen LogP contribution in [0.4, 0.5) is 5.69 Å². The SMILES string of the molecule is COc1c(O)ccc(/C=N\NC(=O)COc2cc(C)ccc2C)c1[N+](=O)[O-]. The van der Waals surface area contributed by atoms with Crippen molar-refractivity contribution in [2.24, 2.45) is 5.10 Å². The molecule has 0 saturated carbocycles. The predicted molar refractivity (Wildman–Crippen MR) is 98.5 cm³/mol. The average molecular weight is 373 g/mol. The molecular formula is C18H19N3O6. The lowest BCUT2D eigenvalue weighted by Gasteiger charge is -2.09. The molecule has 2 aromatic rings. The van der Waals surface area contributed by atoms with Gasteiger partial charge in [0, 0.05) is 0 Å². The molecule has 0 aliphatic heterocycles. The standard InChI is InChI=1S/C18H19N3O6/c1-11-4-5-12(2)15(8-11)27-10-16(23)20-19-9-13-6-7-14(22)18(26-3)17(13)21(24)25/h4-9,22H,10H2,1-3H3,(H,20,23)/b19-9-.